The number of hydrogen-bond acceptors (Lipinski definition) is 5. The minimum absolute atomic E-state index is 0.117. The normalized spacial score (nSPS) is 11.9. The number of ether oxygens (including phenoxy) is 2. The van der Waals surface area contributed by atoms with Gasteiger partial charge >= 0.3 is 5.97 Å². The van der Waals surface area contributed by atoms with E-state index in [0.717, 1.165) is 0 Å². The van der Waals surface area contributed by atoms with Gasteiger partial charge in [0.1, 0.15) is 22.8 Å². The molecule has 0 saturated heterocycles. The number of carboxylic acids is 1. The van der Waals surface area contributed by atoms with Crippen molar-refractivity contribution >= 4 is 16.9 Å². The van der Waals surface area contributed by atoms with Crippen molar-refractivity contribution in [2.45, 2.75) is 20.0 Å². The van der Waals surface area contributed by atoms with E-state index >= 15 is 0 Å². The maximum atomic E-state index is 12.7. The zero-order valence-corrected chi connectivity index (χ0v) is 13.7. The second-order valence-corrected chi connectivity index (χ2v) is 5.49. The molecule has 0 unspecified atom stereocenters. The molecule has 3 aromatic rings. The predicted molar refractivity (Wildman–Crippen MR) is 91.5 cm³/mol. The summed E-state index contributed by atoms with van der Waals surface area (Å²) in [7, 11) is 0. The number of benzene rings is 2. The number of para-hydroxylation sites is 1. The molecule has 1 aromatic heterocycles. The Labute approximate surface area is 143 Å². The highest BCUT2D eigenvalue weighted by molar-refractivity contribution is 5.80. The Balaban J connectivity index is 2.00. The van der Waals surface area contributed by atoms with Crippen LogP contribution in [0.5, 0.6) is 17.2 Å². The number of rotatable bonds is 5. The van der Waals surface area contributed by atoms with E-state index in [-0.39, 0.29) is 11.2 Å². The summed E-state index contributed by atoms with van der Waals surface area (Å²) in [5.74, 6) is 0.203. The van der Waals surface area contributed by atoms with Crippen LogP contribution in [-0.4, -0.2) is 17.2 Å². The second kappa shape index (κ2) is 6.68. The van der Waals surface area contributed by atoms with Gasteiger partial charge in [0, 0.05) is 6.07 Å². The Morgan fingerprint density at radius 1 is 1.12 bits per heavy atom. The fraction of sp³-hybridized carbons (Fsp3) is 0.158. The van der Waals surface area contributed by atoms with Crippen LogP contribution >= 0.6 is 0 Å². The average Bonchev–Trinajstić information content (AvgIpc) is 2.59. The van der Waals surface area contributed by atoms with Crippen LogP contribution < -0.4 is 14.9 Å². The minimum atomic E-state index is -1.08. The lowest BCUT2D eigenvalue weighted by Crippen LogP contribution is -2.22. The van der Waals surface area contributed by atoms with Crippen molar-refractivity contribution in [1.29, 1.82) is 0 Å². The lowest BCUT2D eigenvalue weighted by molar-refractivity contribution is -0.144. The van der Waals surface area contributed by atoms with Gasteiger partial charge in [0.25, 0.3) is 0 Å². The monoisotopic (exact) mass is 340 g/mol. The van der Waals surface area contributed by atoms with Crippen LogP contribution in [0.15, 0.2) is 57.7 Å². The van der Waals surface area contributed by atoms with Crippen LogP contribution in [0.25, 0.3) is 11.0 Å². The Kier molecular flexibility index (Phi) is 4.43. The van der Waals surface area contributed by atoms with E-state index in [0.29, 0.717) is 28.2 Å². The van der Waals surface area contributed by atoms with Gasteiger partial charge in [0.15, 0.2) is 6.10 Å². The van der Waals surface area contributed by atoms with Crippen molar-refractivity contribution in [1.82, 2.24) is 0 Å². The first kappa shape index (κ1) is 16.6. The maximum absolute atomic E-state index is 12.7. The Morgan fingerprint density at radius 2 is 1.84 bits per heavy atom. The second-order valence-electron chi connectivity index (χ2n) is 5.49. The summed E-state index contributed by atoms with van der Waals surface area (Å²) < 4.78 is 16.6. The molecule has 25 heavy (non-hydrogen) atoms. The van der Waals surface area contributed by atoms with Gasteiger partial charge in [-0.25, -0.2) is 4.79 Å². The first-order valence-corrected chi connectivity index (χ1v) is 7.65. The molecular weight excluding hydrogens is 324 g/mol. The number of hydrogen-bond donors (Lipinski definition) is 1. The van der Waals surface area contributed by atoms with Crippen LogP contribution in [-0.2, 0) is 4.79 Å². The highest BCUT2D eigenvalue weighted by atomic mass is 16.5. The molecule has 0 aliphatic carbocycles. The zero-order chi connectivity index (χ0) is 18.0. The van der Waals surface area contributed by atoms with Gasteiger partial charge in [-0.3, -0.25) is 4.79 Å². The van der Waals surface area contributed by atoms with E-state index in [1.54, 1.807) is 31.2 Å². The summed E-state index contributed by atoms with van der Waals surface area (Å²) in [5.41, 5.74) is -0.00145. The molecule has 0 aliphatic rings. The van der Waals surface area contributed by atoms with E-state index in [4.69, 9.17) is 19.0 Å². The number of carbonyl (C=O) groups is 1. The summed E-state index contributed by atoms with van der Waals surface area (Å²) in [5, 5.41) is 9.23. The van der Waals surface area contributed by atoms with Crippen molar-refractivity contribution in [2.24, 2.45) is 0 Å². The molecule has 3 rings (SSSR count). The Bertz CT molecular complexity index is 974. The molecule has 6 nitrogen and oxygen atoms in total. The van der Waals surface area contributed by atoms with Gasteiger partial charge in [0.05, 0.1) is 5.39 Å². The van der Waals surface area contributed by atoms with Gasteiger partial charge in [0.2, 0.25) is 11.2 Å². The van der Waals surface area contributed by atoms with E-state index in [2.05, 4.69) is 0 Å². The highest BCUT2D eigenvalue weighted by Gasteiger charge is 2.16. The van der Waals surface area contributed by atoms with Gasteiger partial charge < -0.3 is 19.0 Å². The van der Waals surface area contributed by atoms with Crippen molar-refractivity contribution in [2.75, 3.05) is 0 Å². The average molecular weight is 340 g/mol. The van der Waals surface area contributed by atoms with Crippen molar-refractivity contribution < 1.29 is 23.8 Å². The van der Waals surface area contributed by atoms with Gasteiger partial charge in [-0.1, -0.05) is 18.2 Å². The summed E-state index contributed by atoms with van der Waals surface area (Å²) in [6, 6.07) is 13.5. The summed E-state index contributed by atoms with van der Waals surface area (Å²) in [6.07, 6.45) is -1.01. The lowest BCUT2D eigenvalue weighted by atomic mass is 10.2. The highest BCUT2D eigenvalue weighted by Crippen LogP contribution is 2.27. The van der Waals surface area contributed by atoms with Crippen molar-refractivity contribution in [3.63, 3.8) is 0 Å². The van der Waals surface area contributed by atoms with E-state index in [1.807, 2.05) is 6.07 Å². The number of aliphatic carboxylic acids is 1. The molecule has 0 aliphatic heterocycles. The first-order valence-electron chi connectivity index (χ1n) is 7.65. The Hall–Kier alpha value is -3.28. The van der Waals surface area contributed by atoms with Crippen LogP contribution in [0, 0.1) is 6.92 Å². The van der Waals surface area contributed by atoms with E-state index < -0.39 is 12.1 Å². The minimum Gasteiger partial charge on any atom is -0.479 e. The molecule has 1 N–H and O–H groups in total. The van der Waals surface area contributed by atoms with Crippen LogP contribution in [0.4, 0.5) is 0 Å². The topological polar surface area (TPSA) is 86.0 Å². The molecule has 0 radical (unpaired) electrons. The van der Waals surface area contributed by atoms with Crippen LogP contribution in [0.1, 0.15) is 12.7 Å². The van der Waals surface area contributed by atoms with Crippen molar-refractivity contribution in [3.05, 3.63) is 64.5 Å². The Morgan fingerprint density at radius 3 is 2.52 bits per heavy atom. The molecule has 6 heteroatoms. The molecule has 0 amide bonds. The zero-order valence-electron chi connectivity index (χ0n) is 13.7. The molecule has 1 atom stereocenters. The van der Waals surface area contributed by atoms with E-state index in [9.17, 15) is 9.59 Å². The standard InChI is InChI=1S/C19H16O6/c1-11-18(25-13-6-4-3-5-7-13)17(20)15-9-8-14(10-16(15)24-11)23-12(2)19(21)22/h3-10,12H,1-2H3,(H,21,22)/t12-/m0/s1. The summed E-state index contributed by atoms with van der Waals surface area (Å²) >= 11 is 0. The molecule has 0 spiro atoms. The van der Waals surface area contributed by atoms with Crippen LogP contribution in [0.3, 0.4) is 0 Å². The number of carboxylic acid groups (broad SMARTS) is 1. The fourth-order valence-corrected chi connectivity index (χ4v) is 2.32. The van der Waals surface area contributed by atoms with Crippen LogP contribution in [0.2, 0.25) is 0 Å². The SMILES string of the molecule is Cc1oc2cc(O[C@@H](C)C(=O)O)ccc2c(=O)c1Oc1ccccc1. The molecule has 128 valence electrons. The molecule has 1 heterocycles. The van der Waals surface area contributed by atoms with Crippen molar-refractivity contribution in [3.8, 4) is 17.2 Å². The lowest BCUT2D eigenvalue weighted by Gasteiger charge is -2.12. The molecule has 0 saturated carbocycles. The third kappa shape index (κ3) is 3.47. The number of aryl methyl sites for hydroxylation is 1. The maximum Gasteiger partial charge on any atom is 0.344 e. The number of fused-ring (bicyclic) bond motifs is 1. The predicted octanol–water partition coefficient (Wildman–Crippen LogP) is 3.75. The fourth-order valence-electron chi connectivity index (χ4n) is 2.32. The third-order valence-corrected chi connectivity index (χ3v) is 3.61. The molecule has 0 fully saturated rings. The third-order valence-electron chi connectivity index (χ3n) is 3.61. The van der Waals surface area contributed by atoms with Gasteiger partial charge in [-0.05, 0) is 38.1 Å². The smallest absolute Gasteiger partial charge is 0.344 e. The molecule has 2 aromatic carbocycles. The largest absolute Gasteiger partial charge is 0.479 e. The first-order chi connectivity index (χ1) is 12.0. The summed E-state index contributed by atoms with van der Waals surface area (Å²) in [4.78, 5) is 23.6. The van der Waals surface area contributed by atoms with Gasteiger partial charge in [-0.2, -0.15) is 0 Å². The molecular formula is C19H16O6. The summed E-state index contributed by atoms with van der Waals surface area (Å²) in [6.45, 7) is 3.05. The quantitative estimate of drug-likeness (QED) is 0.761. The van der Waals surface area contributed by atoms with E-state index in [1.165, 1.54) is 25.1 Å². The van der Waals surface area contributed by atoms with Gasteiger partial charge in [-0.15, -0.1) is 0 Å². The molecule has 0 bridgehead atoms.